The van der Waals surface area contributed by atoms with Gasteiger partial charge in [-0.25, -0.2) is 4.79 Å². The van der Waals surface area contributed by atoms with Gasteiger partial charge in [-0.05, 0) is 62.3 Å². The van der Waals surface area contributed by atoms with Crippen molar-refractivity contribution in [1.29, 1.82) is 0 Å². The van der Waals surface area contributed by atoms with Gasteiger partial charge in [0.15, 0.2) is 0 Å². The van der Waals surface area contributed by atoms with E-state index in [1.165, 1.54) is 5.69 Å². The van der Waals surface area contributed by atoms with Gasteiger partial charge in [0, 0.05) is 45.0 Å². The van der Waals surface area contributed by atoms with Crippen LogP contribution in [0.2, 0.25) is 0 Å². The number of ether oxygens (including phenoxy) is 1. The van der Waals surface area contributed by atoms with Gasteiger partial charge in [0.05, 0.1) is 12.7 Å². The highest BCUT2D eigenvalue weighted by atomic mass is 16.5. The maximum absolute atomic E-state index is 12.8. The molecule has 3 atom stereocenters. The number of nitrogens with zero attached hydrogens (tertiary/aromatic N) is 3. The number of aliphatic hydroxyl groups excluding tert-OH is 1. The first-order valence-corrected chi connectivity index (χ1v) is 10.9. The maximum Gasteiger partial charge on any atom is 0.319 e. The molecule has 1 N–H and O–H groups in total. The van der Waals surface area contributed by atoms with E-state index in [4.69, 9.17) is 4.74 Å². The predicted molar refractivity (Wildman–Crippen MR) is 117 cm³/mol. The van der Waals surface area contributed by atoms with Gasteiger partial charge in [-0.15, -0.1) is 0 Å². The molecular formula is C23H37N3O3. The Labute approximate surface area is 175 Å². The van der Waals surface area contributed by atoms with Crippen molar-refractivity contribution in [2.24, 2.45) is 11.3 Å². The molecule has 162 valence electrons. The lowest BCUT2D eigenvalue weighted by atomic mass is 9.72. The highest BCUT2D eigenvalue weighted by molar-refractivity contribution is 5.74. The number of urea groups is 1. The molecule has 3 rings (SSSR count). The van der Waals surface area contributed by atoms with Crippen molar-refractivity contribution >= 4 is 11.7 Å². The largest absolute Gasteiger partial charge is 0.494 e. The molecule has 0 bridgehead atoms. The summed E-state index contributed by atoms with van der Waals surface area (Å²) in [6.07, 6.45) is 1.39. The van der Waals surface area contributed by atoms with E-state index in [9.17, 15) is 9.90 Å². The number of carbonyl (C=O) groups is 1. The fraction of sp³-hybridized carbons (Fsp3) is 0.696. The van der Waals surface area contributed by atoms with Gasteiger partial charge in [0.1, 0.15) is 5.75 Å². The predicted octanol–water partition coefficient (Wildman–Crippen LogP) is 3.44. The molecule has 0 spiro atoms. The molecule has 3 unspecified atom stereocenters. The minimum absolute atomic E-state index is 0.0330. The fourth-order valence-corrected chi connectivity index (χ4v) is 4.81. The van der Waals surface area contributed by atoms with Crippen LogP contribution < -0.4 is 9.64 Å². The second-order valence-corrected chi connectivity index (χ2v) is 9.37. The van der Waals surface area contributed by atoms with Crippen molar-refractivity contribution in [3.8, 4) is 5.75 Å². The molecule has 0 aliphatic carbocycles. The highest BCUT2D eigenvalue weighted by Crippen LogP contribution is 2.40. The number of β-amino-alcohol motifs (C(OH)–C–C–N with tert-alkyl or cyclic N) is 1. The van der Waals surface area contributed by atoms with Crippen LogP contribution in [-0.4, -0.2) is 72.9 Å². The molecule has 6 nitrogen and oxygen atoms in total. The highest BCUT2D eigenvalue weighted by Gasteiger charge is 2.40. The van der Waals surface area contributed by atoms with Crippen molar-refractivity contribution in [3.63, 3.8) is 0 Å². The third-order valence-electron chi connectivity index (χ3n) is 6.64. The van der Waals surface area contributed by atoms with E-state index in [0.717, 1.165) is 25.3 Å². The second-order valence-electron chi connectivity index (χ2n) is 9.37. The number of hydrogen-bond acceptors (Lipinski definition) is 4. The maximum atomic E-state index is 12.8. The first kappa shape index (κ1) is 21.8. The van der Waals surface area contributed by atoms with Gasteiger partial charge in [-0.3, -0.25) is 0 Å². The van der Waals surface area contributed by atoms with Crippen molar-refractivity contribution in [1.82, 2.24) is 9.80 Å². The number of amides is 2. The van der Waals surface area contributed by atoms with Crippen LogP contribution in [0.1, 0.15) is 40.5 Å². The SMILES string of the molecule is CCOc1ccc(N2CC(CN(C)C(=O)N3CCC(O)C3)CC(C)(C)C2C)cc1. The summed E-state index contributed by atoms with van der Waals surface area (Å²) >= 11 is 0. The van der Waals surface area contributed by atoms with E-state index in [1.807, 2.05) is 31.0 Å². The summed E-state index contributed by atoms with van der Waals surface area (Å²) in [4.78, 5) is 18.8. The minimum Gasteiger partial charge on any atom is -0.494 e. The third-order valence-corrected chi connectivity index (χ3v) is 6.64. The Bertz CT molecular complexity index is 691. The average Bonchev–Trinajstić information content (AvgIpc) is 3.11. The lowest BCUT2D eigenvalue weighted by molar-refractivity contribution is 0.126. The van der Waals surface area contributed by atoms with E-state index in [2.05, 4.69) is 37.8 Å². The molecule has 2 aliphatic heterocycles. The Morgan fingerprint density at radius 3 is 2.55 bits per heavy atom. The Morgan fingerprint density at radius 2 is 1.97 bits per heavy atom. The van der Waals surface area contributed by atoms with Crippen LogP contribution in [0, 0.1) is 11.3 Å². The second kappa shape index (κ2) is 8.82. The van der Waals surface area contributed by atoms with Gasteiger partial charge in [-0.1, -0.05) is 13.8 Å². The van der Waals surface area contributed by atoms with Crippen molar-refractivity contribution in [2.45, 2.75) is 52.7 Å². The summed E-state index contributed by atoms with van der Waals surface area (Å²) in [6.45, 7) is 12.4. The molecule has 2 aliphatic rings. The number of carbonyl (C=O) groups excluding carboxylic acids is 1. The average molecular weight is 404 g/mol. The zero-order chi connectivity index (χ0) is 21.2. The van der Waals surface area contributed by atoms with Crippen molar-refractivity contribution in [3.05, 3.63) is 24.3 Å². The molecule has 1 aromatic carbocycles. The van der Waals surface area contributed by atoms with E-state index in [1.54, 1.807) is 4.90 Å². The summed E-state index contributed by atoms with van der Waals surface area (Å²) in [5, 5.41) is 9.74. The van der Waals surface area contributed by atoms with Crippen LogP contribution in [0.4, 0.5) is 10.5 Å². The van der Waals surface area contributed by atoms with E-state index in [0.29, 0.717) is 38.1 Å². The Morgan fingerprint density at radius 1 is 1.28 bits per heavy atom. The summed E-state index contributed by atoms with van der Waals surface area (Å²) in [5.41, 5.74) is 1.35. The molecule has 6 heteroatoms. The zero-order valence-corrected chi connectivity index (χ0v) is 18.6. The monoisotopic (exact) mass is 403 g/mol. The number of aliphatic hydroxyl groups is 1. The standard InChI is InChI=1S/C23H37N3O3/c1-6-29-21-9-7-19(8-10-21)26-15-18(13-23(3,4)17(26)2)14-24(5)22(28)25-12-11-20(27)16-25/h7-10,17-18,20,27H,6,11-16H2,1-5H3. The van der Waals surface area contributed by atoms with E-state index < -0.39 is 0 Å². The molecule has 0 saturated carbocycles. The Kier molecular flexibility index (Phi) is 6.62. The minimum atomic E-state index is -0.378. The summed E-state index contributed by atoms with van der Waals surface area (Å²) in [7, 11) is 1.89. The number of hydrogen-bond donors (Lipinski definition) is 1. The molecule has 0 radical (unpaired) electrons. The van der Waals surface area contributed by atoms with Crippen LogP contribution in [-0.2, 0) is 0 Å². The van der Waals surface area contributed by atoms with Gasteiger partial charge < -0.3 is 24.5 Å². The van der Waals surface area contributed by atoms with Crippen LogP contribution in [0.15, 0.2) is 24.3 Å². The van der Waals surface area contributed by atoms with E-state index >= 15 is 0 Å². The van der Waals surface area contributed by atoms with Crippen LogP contribution in [0.25, 0.3) is 0 Å². The summed E-state index contributed by atoms with van der Waals surface area (Å²) < 4.78 is 5.59. The molecule has 2 heterocycles. The number of anilines is 1. The quantitative estimate of drug-likeness (QED) is 0.818. The van der Waals surface area contributed by atoms with Gasteiger partial charge in [0.25, 0.3) is 0 Å². The van der Waals surface area contributed by atoms with Gasteiger partial charge in [-0.2, -0.15) is 0 Å². The molecule has 2 amide bonds. The van der Waals surface area contributed by atoms with Crippen LogP contribution in [0.3, 0.4) is 0 Å². The molecule has 0 aromatic heterocycles. The summed E-state index contributed by atoms with van der Waals surface area (Å²) in [5.74, 6) is 1.30. The van der Waals surface area contributed by atoms with Gasteiger partial charge >= 0.3 is 6.03 Å². The smallest absolute Gasteiger partial charge is 0.319 e. The molecule has 2 saturated heterocycles. The number of benzene rings is 1. The number of rotatable bonds is 5. The van der Waals surface area contributed by atoms with Crippen molar-refractivity contribution in [2.75, 3.05) is 44.7 Å². The van der Waals surface area contributed by atoms with Crippen LogP contribution in [0.5, 0.6) is 5.75 Å². The molecular weight excluding hydrogens is 366 g/mol. The van der Waals surface area contributed by atoms with Crippen LogP contribution >= 0.6 is 0 Å². The molecule has 1 aromatic rings. The van der Waals surface area contributed by atoms with Gasteiger partial charge in [0.2, 0.25) is 0 Å². The van der Waals surface area contributed by atoms with Crippen molar-refractivity contribution < 1.29 is 14.6 Å². The lowest BCUT2D eigenvalue weighted by Crippen LogP contribution is -2.54. The zero-order valence-electron chi connectivity index (χ0n) is 18.6. The topological polar surface area (TPSA) is 56.2 Å². The fourth-order valence-electron chi connectivity index (χ4n) is 4.81. The lowest BCUT2D eigenvalue weighted by Gasteiger charge is -2.50. The van der Waals surface area contributed by atoms with E-state index in [-0.39, 0.29) is 17.6 Å². The normalized spacial score (nSPS) is 26.5. The molecule has 29 heavy (non-hydrogen) atoms. The Hall–Kier alpha value is -1.95. The Balaban J connectivity index is 1.69. The first-order valence-electron chi connectivity index (χ1n) is 10.9. The first-order chi connectivity index (χ1) is 13.7. The summed E-state index contributed by atoms with van der Waals surface area (Å²) in [6, 6.07) is 8.80. The third kappa shape index (κ3) is 4.97. The number of piperidine rings is 1. The number of likely N-dealkylation sites (tertiary alicyclic amines) is 1. The molecule has 2 fully saturated rings.